The second kappa shape index (κ2) is 20.8. The molecule has 0 bridgehead atoms. The lowest BCUT2D eigenvalue weighted by Crippen LogP contribution is -2.54. The lowest BCUT2D eigenvalue weighted by molar-refractivity contribution is -0.0502. The van der Waals surface area contributed by atoms with E-state index in [0.717, 1.165) is 6.07 Å². The number of hydrogen-bond donors (Lipinski definition) is 0. The fraction of sp³-hybridized carbons (Fsp3) is 0.500. The molecule has 4 aromatic rings. The zero-order valence-corrected chi connectivity index (χ0v) is 39.5. The number of aromatic nitrogens is 2. The molecule has 66 heavy (non-hydrogen) atoms. The van der Waals surface area contributed by atoms with Gasteiger partial charge in [-0.15, -0.1) is 0 Å². The van der Waals surface area contributed by atoms with Gasteiger partial charge in [-0.3, -0.25) is 19.6 Å². The number of halogens is 4. The number of pyridine rings is 2. The van der Waals surface area contributed by atoms with Gasteiger partial charge in [-0.2, -0.15) is 0 Å². The van der Waals surface area contributed by atoms with E-state index in [4.69, 9.17) is 61.1 Å². The van der Waals surface area contributed by atoms with Crippen molar-refractivity contribution in [2.75, 3.05) is 66.2 Å². The van der Waals surface area contributed by atoms with Gasteiger partial charge < -0.3 is 47.7 Å². The first-order chi connectivity index (χ1) is 31.4. The zero-order chi connectivity index (χ0) is 47.3. The Morgan fingerprint density at radius 2 is 1.17 bits per heavy atom. The van der Waals surface area contributed by atoms with Gasteiger partial charge in [0.15, 0.2) is 0 Å². The van der Waals surface area contributed by atoms with Crippen LogP contribution in [0.25, 0.3) is 0 Å². The van der Waals surface area contributed by atoms with Crippen LogP contribution in [0.15, 0.2) is 73.1 Å². The Morgan fingerprint density at radius 3 is 1.70 bits per heavy atom. The maximum atomic E-state index is 14.3. The summed E-state index contributed by atoms with van der Waals surface area (Å²) in [7, 11) is 0. The predicted octanol–water partition coefficient (Wildman–Crippen LogP) is 8.36. The normalized spacial score (nSPS) is 22.8. The average molecular weight is 958 g/mol. The number of carbonyl (C=O) groups is 2. The molecule has 8 rings (SSSR count). The van der Waals surface area contributed by atoms with Crippen LogP contribution in [0.1, 0.15) is 86.5 Å². The van der Waals surface area contributed by atoms with E-state index in [2.05, 4.69) is 9.97 Å². The van der Waals surface area contributed by atoms with E-state index in [-0.39, 0.29) is 59.4 Å². The molecule has 0 spiro atoms. The summed E-state index contributed by atoms with van der Waals surface area (Å²) in [6.07, 6.45) is 3.14. The van der Waals surface area contributed by atoms with Gasteiger partial charge in [0.1, 0.15) is 84.7 Å². The van der Waals surface area contributed by atoms with Crippen LogP contribution in [-0.4, -0.2) is 121 Å². The third-order valence-corrected chi connectivity index (χ3v) is 12.1. The summed E-state index contributed by atoms with van der Waals surface area (Å²) in [4.78, 5) is 38.3. The second-order valence-electron chi connectivity index (χ2n) is 18.2. The first-order valence-corrected chi connectivity index (χ1v) is 22.6. The van der Waals surface area contributed by atoms with E-state index >= 15 is 0 Å². The van der Waals surface area contributed by atoms with Crippen LogP contribution in [0.3, 0.4) is 0 Å². The quantitative estimate of drug-likeness (QED) is 0.126. The molecular formula is C48H56Cl2F2N4O10. The lowest BCUT2D eigenvalue weighted by Gasteiger charge is -2.41. The minimum atomic E-state index is -1.01. The molecule has 0 radical (unpaired) electrons. The second-order valence-corrected chi connectivity index (χ2v) is 19.0. The van der Waals surface area contributed by atoms with Crippen molar-refractivity contribution in [3.63, 3.8) is 0 Å². The molecule has 4 fully saturated rings. The highest BCUT2D eigenvalue weighted by Gasteiger charge is 2.55. The van der Waals surface area contributed by atoms with Crippen molar-refractivity contribution in [3.05, 3.63) is 117 Å². The number of amides is 2. The van der Waals surface area contributed by atoms with Crippen LogP contribution in [0, 0.1) is 11.6 Å². The topological polar surface area (TPSA) is 140 Å². The highest BCUT2D eigenvalue weighted by atomic mass is 35.5. The number of fused-ring (bicyclic) bond motifs is 2. The first-order valence-electron chi connectivity index (χ1n) is 21.8. The van der Waals surface area contributed by atoms with Crippen molar-refractivity contribution in [2.45, 2.75) is 89.0 Å². The Bertz CT molecular complexity index is 2350. The third-order valence-electron chi connectivity index (χ3n) is 11.5. The van der Waals surface area contributed by atoms with E-state index in [0.29, 0.717) is 86.7 Å². The molecule has 356 valence electrons. The standard InChI is InChI=1S/C30H41ClN2O7.C18H15ClF2N2O3/c1-28(2,3)38-16-14-35-23-10-9-21(18-22(23)31)27(34)33-13-11-30(25(19-33)37-20-40-30)26-24(8-7-12-32-26)36-15-17-39-29(4,5)6;19-12-8-11(3-4-13(12)20)17(24)23-7-5-18(15(9-23)25-10-26-18)16-14(21)2-1-6-22-16/h7-10,12,18,25H,11,13-17,19-20H2,1-6H3;1-4,6,8,15H,5,7,9-10H2/t25?,30-;15-,18+/m01/s1. The Morgan fingerprint density at radius 1 is 0.667 bits per heavy atom. The Hall–Kier alpha value is -4.52. The summed E-state index contributed by atoms with van der Waals surface area (Å²) in [5, 5.41) is 0.261. The number of likely N-dealkylation sites (tertiary alicyclic amines) is 2. The Balaban J connectivity index is 0.000000214. The van der Waals surface area contributed by atoms with Gasteiger partial charge in [0.25, 0.3) is 11.8 Å². The van der Waals surface area contributed by atoms with Crippen molar-refractivity contribution in [3.8, 4) is 11.5 Å². The minimum absolute atomic E-state index is 0.00505. The van der Waals surface area contributed by atoms with Gasteiger partial charge >= 0.3 is 0 Å². The van der Waals surface area contributed by atoms with Gasteiger partial charge in [0.05, 0.1) is 47.6 Å². The van der Waals surface area contributed by atoms with Crippen molar-refractivity contribution < 1.29 is 56.3 Å². The molecule has 0 N–H and O–H groups in total. The monoisotopic (exact) mass is 956 g/mol. The maximum absolute atomic E-state index is 14.3. The van der Waals surface area contributed by atoms with E-state index in [1.54, 1.807) is 34.2 Å². The summed E-state index contributed by atoms with van der Waals surface area (Å²) in [5.74, 6) is -0.336. The van der Waals surface area contributed by atoms with Crippen molar-refractivity contribution in [1.29, 1.82) is 0 Å². The number of piperidine rings is 2. The van der Waals surface area contributed by atoms with Gasteiger partial charge in [0.2, 0.25) is 0 Å². The van der Waals surface area contributed by atoms with Crippen LogP contribution >= 0.6 is 23.2 Å². The lowest BCUT2D eigenvalue weighted by atomic mass is 9.84. The molecule has 14 nitrogen and oxygen atoms in total. The van der Waals surface area contributed by atoms with E-state index in [1.807, 2.05) is 53.7 Å². The number of carbonyl (C=O) groups excluding carboxylic acids is 2. The average Bonchev–Trinajstić information content (AvgIpc) is 3.92. The fourth-order valence-corrected chi connectivity index (χ4v) is 8.68. The Labute approximate surface area is 393 Å². The number of ether oxygens (including phenoxy) is 8. The van der Waals surface area contributed by atoms with Crippen LogP contribution in [0.5, 0.6) is 11.5 Å². The first kappa shape index (κ1) is 49.4. The van der Waals surface area contributed by atoms with Crippen molar-refractivity contribution in [1.82, 2.24) is 19.8 Å². The zero-order valence-electron chi connectivity index (χ0n) is 38.0. The highest BCUT2D eigenvalue weighted by Crippen LogP contribution is 2.46. The van der Waals surface area contributed by atoms with E-state index in [9.17, 15) is 18.4 Å². The van der Waals surface area contributed by atoms with Crippen LogP contribution in [-0.2, 0) is 39.6 Å². The molecule has 2 aromatic heterocycles. The smallest absolute Gasteiger partial charge is 0.254 e. The predicted molar refractivity (Wildman–Crippen MR) is 240 cm³/mol. The van der Waals surface area contributed by atoms with Gasteiger partial charge in [-0.25, -0.2) is 8.78 Å². The number of benzene rings is 2. The van der Waals surface area contributed by atoms with Crippen molar-refractivity contribution in [2.24, 2.45) is 0 Å². The third kappa shape index (κ3) is 11.4. The summed E-state index contributed by atoms with van der Waals surface area (Å²) < 4.78 is 74.4. The van der Waals surface area contributed by atoms with Gasteiger partial charge in [-0.1, -0.05) is 23.2 Å². The van der Waals surface area contributed by atoms with Gasteiger partial charge in [0, 0.05) is 49.5 Å². The molecular weight excluding hydrogens is 901 g/mol. The molecule has 0 saturated carbocycles. The summed E-state index contributed by atoms with van der Waals surface area (Å²) in [6, 6.07) is 15.5. The molecule has 4 aliphatic rings. The highest BCUT2D eigenvalue weighted by molar-refractivity contribution is 6.32. The van der Waals surface area contributed by atoms with Crippen molar-refractivity contribution >= 4 is 35.0 Å². The molecule has 18 heteroatoms. The van der Waals surface area contributed by atoms with Crippen LogP contribution in [0.2, 0.25) is 10.0 Å². The summed E-state index contributed by atoms with van der Waals surface area (Å²) in [6.45, 7) is 15.1. The van der Waals surface area contributed by atoms with E-state index in [1.165, 1.54) is 30.5 Å². The van der Waals surface area contributed by atoms with Gasteiger partial charge in [-0.05, 0) is 102 Å². The fourth-order valence-electron chi connectivity index (χ4n) is 8.26. The van der Waals surface area contributed by atoms with E-state index < -0.39 is 35.0 Å². The molecule has 4 aliphatic heterocycles. The number of hydrogen-bond acceptors (Lipinski definition) is 12. The molecule has 2 aromatic carbocycles. The molecule has 4 atom stereocenters. The Kier molecular flexibility index (Phi) is 15.5. The molecule has 4 saturated heterocycles. The SMILES string of the molecule is CC(C)(C)OCCOc1ccc(C(=O)N2CC[C@]3(c4ncccc4OCCOC(C)(C)C)OCOC3C2)cc1Cl.O=C(c1ccc(F)c(Cl)c1)N1CC[C@]2(c3ncccc3F)OCO[C@@H]2C1. The molecule has 1 unspecified atom stereocenters. The summed E-state index contributed by atoms with van der Waals surface area (Å²) >= 11 is 12.2. The summed E-state index contributed by atoms with van der Waals surface area (Å²) in [5.41, 5.74) is -0.659. The molecule has 6 heterocycles. The molecule has 0 aliphatic carbocycles. The minimum Gasteiger partial charge on any atom is -0.490 e. The van der Waals surface area contributed by atoms with Crippen LogP contribution in [0.4, 0.5) is 8.78 Å². The maximum Gasteiger partial charge on any atom is 0.254 e. The molecule has 2 amide bonds. The largest absolute Gasteiger partial charge is 0.490 e. The number of rotatable bonds is 12. The van der Waals surface area contributed by atoms with Crippen LogP contribution < -0.4 is 9.47 Å². The number of nitrogens with zero attached hydrogens (tertiary/aromatic N) is 4.